The van der Waals surface area contributed by atoms with E-state index in [1.807, 2.05) is 22.7 Å². The van der Waals surface area contributed by atoms with Crippen molar-refractivity contribution >= 4 is 80.5 Å². The van der Waals surface area contributed by atoms with Gasteiger partial charge in [-0.1, -0.05) is 102 Å². The highest BCUT2D eigenvalue weighted by atomic mass is 32.1. The minimum absolute atomic E-state index is 0.820. The van der Waals surface area contributed by atoms with Crippen LogP contribution in [0, 0.1) is 22.9 Å². The fourth-order valence-corrected chi connectivity index (χ4v) is 14.3. The first kappa shape index (κ1) is 28.4. The van der Waals surface area contributed by atoms with Gasteiger partial charge in [-0.3, -0.25) is 0 Å². The molecule has 42 heavy (non-hydrogen) atoms. The first-order valence-corrected chi connectivity index (χ1v) is 24.1. The van der Waals surface area contributed by atoms with Gasteiger partial charge in [0.25, 0.3) is 0 Å². The van der Waals surface area contributed by atoms with Gasteiger partial charge in [0.1, 0.15) is 16.1 Å². The molecule has 0 atom stereocenters. The molecule has 2 heterocycles. The molecule has 0 spiro atoms. The second-order valence-corrected chi connectivity index (χ2v) is 25.0. The van der Waals surface area contributed by atoms with Crippen LogP contribution in [0.25, 0.3) is 41.7 Å². The number of hydrogen-bond acceptors (Lipinski definition) is 2. The van der Waals surface area contributed by atoms with Gasteiger partial charge in [-0.15, -0.1) is 33.8 Å². The predicted octanol–water partition coefficient (Wildman–Crippen LogP) is 12.3. The van der Waals surface area contributed by atoms with Crippen molar-refractivity contribution in [2.75, 3.05) is 0 Å². The molecule has 0 radical (unpaired) electrons. The van der Waals surface area contributed by atoms with E-state index in [2.05, 4.69) is 96.3 Å². The molecule has 2 aliphatic rings. The summed E-state index contributed by atoms with van der Waals surface area (Å²) in [5.41, 5.74) is 12.1. The number of thiophene rings is 2. The van der Waals surface area contributed by atoms with Gasteiger partial charge in [0.2, 0.25) is 0 Å². The first-order chi connectivity index (χ1) is 20.3. The summed E-state index contributed by atoms with van der Waals surface area (Å²) in [6, 6.07) is 14.3. The molecule has 0 aliphatic heterocycles. The highest BCUT2D eigenvalue weighted by Crippen LogP contribution is 2.41. The third-order valence-electron chi connectivity index (χ3n) is 10.5. The van der Waals surface area contributed by atoms with Gasteiger partial charge >= 0.3 is 0 Å². The SMILES string of the molecule is C[Si](C)(C#Cc1c2cc3ccsc3cc2c(C#C[Si](C)(C)C2CCCCC2)c2cc3ccsc3cc12)C1CCCCC1. The summed E-state index contributed by atoms with van der Waals surface area (Å²) in [5.74, 6) is 7.83. The van der Waals surface area contributed by atoms with E-state index >= 15 is 0 Å². The summed E-state index contributed by atoms with van der Waals surface area (Å²) in [7, 11) is -3.39. The number of rotatable bonds is 2. The third-order valence-corrected chi connectivity index (χ3v) is 19.1. The molecular formula is C38H42S2Si2. The molecule has 7 rings (SSSR count). The van der Waals surface area contributed by atoms with Gasteiger partial charge in [-0.2, -0.15) is 0 Å². The van der Waals surface area contributed by atoms with Crippen molar-refractivity contribution in [1.29, 1.82) is 0 Å². The van der Waals surface area contributed by atoms with Crippen molar-refractivity contribution in [1.82, 2.24) is 0 Å². The van der Waals surface area contributed by atoms with Crippen molar-refractivity contribution in [2.45, 2.75) is 101 Å². The molecule has 0 saturated heterocycles. The van der Waals surface area contributed by atoms with Gasteiger partial charge < -0.3 is 0 Å². The van der Waals surface area contributed by atoms with E-state index < -0.39 is 16.1 Å². The lowest BCUT2D eigenvalue weighted by molar-refractivity contribution is 0.494. The Labute approximate surface area is 261 Å². The molecule has 4 heteroatoms. The zero-order valence-corrected chi connectivity index (χ0v) is 29.3. The van der Waals surface area contributed by atoms with E-state index in [-0.39, 0.29) is 0 Å². The maximum absolute atomic E-state index is 4.00. The maximum Gasteiger partial charge on any atom is 0.135 e. The van der Waals surface area contributed by atoms with Gasteiger partial charge in [0.15, 0.2) is 0 Å². The largest absolute Gasteiger partial charge is 0.144 e. The Balaban J connectivity index is 1.49. The average Bonchev–Trinajstić information content (AvgIpc) is 3.66. The van der Waals surface area contributed by atoms with Crippen LogP contribution in [-0.4, -0.2) is 16.1 Å². The molecule has 0 bridgehead atoms. The lowest BCUT2D eigenvalue weighted by Crippen LogP contribution is -2.32. The minimum atomic E-state index is -1.69. The van der Waals surface area contributed by atoms with Crippen LogP contribution in [0.3, 0.4) is 0 Å². The summed E-state index contributed by atoms with van der Waals surface area (Å²) in [5, 5.41) is 12.3. The Kier molecular flexibility index (Phi) is 7.65. The van der Waals surface area contributed by atoms with Gasteiger partial charge in [-0.25, -0.2) is 0 Å². The topological polar surface area (TPSA) is 0 Å². The average molecular weight is 619 g/mol. The van der Waals surface area contributed by atoms with Crippen LogP contribution in [0.1, 0.15) is 75.3 Å². The van der Waals surface area contributed by atoms with Crippen LogP contribution < -0.4 is 0 Å². The molecule has 0 unspecified atom stereocenters. The standard InChI is InChI=1S/C38H42S2Si2/c1-41(2,29-11-7-5-8-12-29)21-17-31-33-23-27-15-19-40-38(27)26-36(33)32(18-22-42(3,4)30-13-9-6-10-14-30)34-24-28-16-20-39-37(28)25-35(31)34/h15-16,19-20,23-26,29-30H,5-14H2,1-4H3. The zero-order valence-electron chi connectivity index (χ0n) is 25.7. The van der Waals surface area contributed by atoms with Crippen LogP contribution in [0.4, 0.5) is 0 Å². The summed E-state index contributed by atoms with van der Waals surface area (Å²) < 4.78 is 2.70. The second-order valence-electron chi connectivity index (χ2n) is 14.1. The molecular weight excluding hydrogens is 577 g/mol. The fourth-order valence-electron chi connectivity index (χ4n) is 7.71. The van der Waals surface area contributed by atoms with E-state index in [0.29, 0.717) is 0 Å². The van der Waals surface area contributed by atoms with Crippen LogP contribution in [-0.2, 0) is 0 Å². The van der Waals surface area contributed by atoms with Gasteiger partial charge in [-0.05, 0) is 79.8 Å². The van der Waals surface area contributed by atoms with Gasteiger partial charge in [0, 0.05) is 31.3 Å². The lowest BCUT2D eigenvalue weighted by Gasteiger charge is -2.31. The summed E-state index contributed by atoms with van der Waals surface area (Å²) in [6.07, 6.45) is 13.8. The summed E-state index contributed by atoms with van der Waals surface area (Å²) in [4.78, 5) is 0. The molecule has 0 N–H and O–H groups in total. The Morgan fingerprint density at radius 3 is 1.33 bits per heavy atom. The Hall–Kier alpha value is -2.35. The van der Waals surface area contributed by atoms with E-state index in [4.69, 9.17) is 0 Å². The molecule has 2 fully saturated rings. The Bertz CT molecular complexity index is 1690. The maximum atomic E-state index is 4.00. The normalized spacial score (nSPS) is 17.4. The summed E-state index contributed by atoms with van der Waals surface area (Å²) >= 11 is 3.68. The molecule has 214 valence electrons. The van der Waals surface area contributed by atoms with Crippen LogP contribution >= 0.6 is 22.7 Å². The molecule has 2 saturated carbocycles. The molecule has 2 aliphatic carbocycles. The highest BCUT2D eigenvalue weighted by molar-refractivity contribution is 7.17. The minimum Gasteiger partial charge on any atom is -0.144 e. The monoisotopic (exact) mass is 618 g/mol. The van der Waals surface area contributed by atoms with Gasteiger partial charge in [0.05, 0.1) is 0 Å². The molecule has 3 aromatic carbocycles. The fraction of sp³-hybridized carbons (Fsp3) is 0.421. The van der Waals surface area contributed by atoms with Crippen molar-refractivity contribution in [3.8, 4) is 22.9 Å². The quantitative estimate of drug-likeness (QED) is 0.105. The Morgan fingerprint density at radius 2 is 0.929 bits per heavy atom. The molecule has 0 nitrogen and oxygen atoms in total. The van der Waals surface area contributed by atoms with E-state index in [1.165, 1.54) is 117 Å². The highest BCUT2D eigenvalue weighted by Gasteiger charge is 2.32. The van der Waals surface area contributed by atoms with Crippen molar-refractivity contribution in [2.24, 2.45) is 0 Å². The zero-order chi connectivity index (χ0) is 28.9. The van der Waals surface area contributed by atoms with E-state index in [9.17, 15) is 0 Å². The lowest BCUT2D eigenvalue weighted by atomic mass is 9.91. The second kappa shape index (κ2) is 11.3. The number of benzene rings is 3. The van der Waals surface area contributed by atoms with Crippen molar-refractivity contribution < 1.29 is 0 Å². The van der Waals surface area contributed by atoms with Crippen LogP contribution in [0.5, 0.6) is 0 Å². The first-order valence-electron chi connectivity index (χ1n) is 16.1. The van der Waals surface area contributed by atoms with E-state index in [1.54, 1.807) is 0 Å². The van der Waals surface area contributed by atoms with Crippen LogP contribution in [0.2, 0.25) is 37.3 Å². The Morgan fingerprint density at radius 1 is 0.548 bits per heavy atom. The van der Waals surface area contributed by atoms with Crippen LogP contribution in [0.15, 0.2) is 47.2 Å². The number of fused-ring (bicyclic) bond motifs is 4. The smallest absolute Gasteiger partial charge is 0.135 e. The third kappa shape index (κ3) is 5.30. The van der Waals surface area contributed by atoms with Crippen molar-refractivity contribution in [3.63, 3.8) is 0 Å². The molecule has 5 aromatic rings. The number of hydrogen-bond donors (Lipinski definition) is 0. The van der Waals surface area contributed by atoms with Crippen molar-refractivity contribution in [3.05, 3.63) is 58.3 Å². The van der Waals surface area contributed by atoms with E-state index in [0.717, 1.165) is 11.1 Å². The summed E-state index contributed by atoms with van der Waals surface area (Å²) in [6.45, 7) is 10.1. The predicted molar refractivity (Wildman–Crippen MR) is 195 cm³/mol. The molecule has 2 aromatic heterocycles. The molecule has 0 amide bonds.